The van der Waals surface area contributed by atoms with Crippen molar-refractivity contribution < 1.29 is 19.1 Å². The first-order valence-electron chi connectivity index (χ1n) is 8.13. The van der Waals surface area contributed by atoms with Crippen LogP contribution in [-0.4, -0.2) is 42.6 Å². The SMILES string of the molecule is COc1ccc(Cl)c(Cl)c1[C@H]1C[C@@H](CC=O)N(C(=O)OC(C)(C)C)C1. The first-order chi connectivity index (χ1) is 11.7. The quantitative estimate of drug-likeness (QED) is 0.703. The van der Waals surface area contributed by atoms with Crippen molar-refractivity contribution in [2.24, 2.45) is 0 Å². The van der Waals surface area contributed by atoms with Gasteiger partial charge in [0.1, 0.15) is 17.6 Å². The zero-order valence-electron chi connectivity index (χ0n) is 14.8. The Morgan fingerprint density at radius 3 is 2.60 bits per heavy atom. The summed E-state index contributed by atoms with van der Waals surface area (Å²) in [5, 5.41) is 0.849. The summed E-state index contributed by atoms with van der Waals surface area (Å²) in [6.07, 6.45) is 1.23. The molecule has 1 aliphatic rings. The zero-order valence-corrected chi connectivity index (χ0v) is 16.4. The molecule has 1 aromatic carbocycles. The molecule has 25 heavy (non-hydrogen) atoms. The standard InChI is InChI=1S/C18H23Cl2NO4/c1-18(2,3)25-17(23)21-10-11(9-12(21)7-8-22)15-14(24-4)6-5-13(19)16(15)20/h5-6,8,11-12H,7,9-10H2,1-4H3/t11-,12+/m0/s1. The number of hydrogen-bond donors (Lipinski definition) is 0. The molecule has 1 saturated heterocycles. The molecule has 1 aliphatic heterocycles. The highest BCUT2D eigenvalue weighted by Crippen LogP contribution is 2.44. The summed E-state index contributed by atoms with van der Waals surface area (Å²) in [7, 11) is 1.56. The number of ether oxygens (including phenoxy) is 2. The van der Waals surface area contributed by atoms with Crippen molar-refractivity contribution in [2.45, 2.75) is 51.2 Å². The van der Waals surface area contributed by atoms with E-state index in [1.54, 1.807) is 24.1 Å². The molecule has 1 fully saturated rings. The number of nitrogens with zero attached hydrogens (tertiary/aromatic N) is 1. The van der Waals surface area contributed by atoms with E-state index in [1.165, 1.54) is 0 Å². The maximum atomic E-state index is 12.5. The Hall–Kier alpha value is -1.46. The molecule has 0 aromatic heterocycles. The van der Waals surface area contributed by atoms with Gasteiger partial charge in [-0.15, -0.1) is 0 Å². The number of carbonyl (C=O) groups excluding carboxylic acids is 2. The number of aldehydes is 1. The Labute approximate surface area is 158 Å². The fourth-order valence-electron chi connectivity index (χ4n) is 3.11. The van der Waals surface area contributed by atoms with Crippen molar-refractivity contribution in [3.05, 3.63) is 27.7 Å². The number of rotatable bonds is 4. The second kappa shape index (κ2) is 7.83. The van der Waals surface area contributed by atoms with Gasteiger partial charge in [0.25, 0.3) is 0 Å². The van der Waals surface area contributed by atoms with Gasteiger partial charge < -0.3 is 19.2 Å². The van der Waals surface area contributed by atoms with Crippen LogP contribution in [0.2, 0.25) is 10.0 Å². The summed E-state index contributed by atoms with van der Waals surface area (Å²) >= 11 is 12.6. The number of amides is 1. The van der Waals surface area contributed by atoms with Crippen LogP contribution < -0.4 is 4.74 Å². The Balaban J connectivity index is 2.32. The lowest BCUT2D eigenvalue weighted by molar-refractivity contribution is -0.108. The molecule has 7 heteroatoms. The van der Waals surface area contributed by atoms with E-state index in [0.29, 0.717) is 28.8 Å². The first kappa shape index (κ1) is 19.9. The van der Waals surface area contributed by atoms with Crippen LogP contribution >= 0.6 is 23.2 Å². The van der Waals surface area contributed by atoms with Crippen LogP contribution in [0, 0.1) is 0 Å². The third kappa shape index (κ3) is 4.59. The van der Waals surface area contributed by atoms with E-state index >= 15 is 0 Å². The highest BCUT2D eigenvalue weighted by atomic mass is 35.5. The Kier molecular flexibility index (Phi) is 6.22. The zero-order chi connectivity index (χ0) is 18.8. The van der Waals surface area contributed by atoms with Gasteiger partial charge in [-0.2, -0.15) is 0 Å². The van der Waals surface area contributed by atoms with Gasteiger partial charge in [-0.3, -0.25) is 0 Å². The molecule has 0 bridgehead atoms. The van der Waals surface area contributed by atoms with E-state index in [9.17, 15) is 9.59 Å². The van der Waals surface area contributed by atoms with Crippen LogP contribution in [0.4, 0.5) is 4.79 Å². The molecule has 0 unspecified atom stereocenters. The van der Waals surface area contributed by atoms with Gasteiger partial charge in [0.05, 0.1) is 17.2 Å². The Morgan fingerprint density at radius 1 is 1.36 bits per heavy atom. The van der Waals surface area contributed by atoms with Crippen molar-refractivity contribution in [1.82, 2.24) is 4.90 Å². The molecule has 0 N–H and O–H groups in total. The smallest absolute Gasteiger partial charge is 0.410 e. The van der Waals surface area contributed by atoms with Crippen LogP contribution in [0.3, 0.4) is 0 Å². The van der Waals surface area contributed by atoms with Gasteiger partial charge in [0, 0.05) is 30.5 Å². The summed E-state index contributed by atoms with van der Waals surface area (Å²) in [4.78, 5) is 25.2. The number of hydrogen-bond acceptors (Lipinski definition) is 4. The monoisotopic (exact) mass is 387 g/mol. The molecule has 0 spiro atoms. The van der Waals surface area contributed by atoms with E-state index in [2.05, 4.69) is 0 Å². The fraction of sp³-hybridized carbons (Fsp3) is 0.556. The molecule has 1 amide bonds. The summed E-state index contributed by atoms with van der Waals surface area (Å²) < 4.78 is 10.9. The van der Waals surface area contributed by atoms with Crippen molar-refractivity contribution in [3.63, 3.8) is 0 Å². The third-order valence-corrected chi connectivity index (χ3v) is 4.95. The van der Waals surface area contributed by atoms with Crippen LogP contribution in [0.5, 0.6) is 5.75 Å². The van der Waals surface area contributed by atoms with E-state index in [4.69, 9.17) is 32.7 Å². The molecule has 0 saturated carbocycles. The molecular weight excluding hydrogens is 365 g/mol. The average molecular weight is 388 g/mol. The minimum Gasteiger partial charge on any atom is -0.496 e. The molecule has 5 nitrogen and oxygen atoms in total. The maximum Gasteiger partial charge on any atom is 0.410 e. The molecule has 0 radical (unpaired) electrons. The summed E-state index contributed by atoms with van der Waals surface area (Å²) in [6.45, 7) is 5.82. The minimum atomic E-state index is -0.605. The van der Waals surface area contributed by atoms with Gasteiger partial charge in [-0.25, -0.2) is 4.79 Å². The highest BCUT2D eigenvalue weighted by molar-refractivity contribution is 6.42. The van der Waals surface area contributed by atoms with Crippen LogP contribution in [0.25, 0.3) is 0 Å². The van der Waals surface area contributed by atoms with Crippen LogP contribution in [-0.2, 0) is 9.53 Å². The maximum absolute atomic E-state index is 12.5. The van der Waals surface area contributed by atoms with Crippen molar-refractivity contribution >= 4 is 35.6 Å². The highest BCUT2D eigenvalue weighted by Gasteiger charge is 2.39. The minimum absolute atomic E-state index is 0.0846. The second-order valence-corrected chi connectivity index (χ2v) is 7.88. The molecule has 2 rings (SSSR count). The predicted molar refractivity (Wildman–Crippen MR) is 97.8 cm³/mol. The third-order valence-electron chi connectivity index (χ3n) is 4.13. The molecule has 2 atom stereocenters. The Morgan fingerprint density at radius 2 is 2.04 bits per heavy atom. The molecule has 1 heterocycles. The van der Waals surface area contributed by atoms with Crippen molar-refractivity contribution in [3.8, 4) is 5.75 Å². The predicted octanol–water partition coefficient (Wildman–Crippen LogP) is 4.68. The molecule has 138 valence electrons. The van der Waals surface area contributed by atoms with Crippen molar-refractivity contribution in [1.29, 1.82) is 0 Å². The summed E-state index contributed by atoms with van der Waals surface area (Å²) in [5.41, 5.74) is 0.158. The van der Waals surface area contributed by atoms with E-state index in [0.717, 1.165) is 11.8 Å². The van der Waals surface area contributed by atoms with E-state index in [-0.39, 0.29) is 18.4 Å². The fourth-order valence-corrected chi connectivity index (χ4v) is 3.59. The first-order valence-corrected chi connectivity index (χ1v) is 8.88. The van der Waals surface area contributed by atoms with Gasteiger partial charge in [-0.1, -0.05) is 23.2 Å². The Bertz CT molecular complexity index is 657. The molecule has 0 aliphatic carbocycles. The lowest BCUT2D eigenvalue weighted by atomic mass is 9.94. The van der Waals surface area contributed by atoms with Gasteiger partial charge in [-0.05, 0) is 39.3 Å². The van der Waals surface area contributed by atoms with Crippen molar-refractivity contribution in [2.75, 3.05) is 13.7 Å². The summed E-state index contributed by atoms with van der Waals surface area (Å²) in [5.74, 6) is 0.536. The average Bonchev–Trinajstić information content (AvgIpc) is 2.92. The van der Waals surface area contributed by atoms with Gasteiger partial charge >= 0.3 is 6.09 Å². The lowest BCUT2D eigenvalue weighted by Crippen LogP contribution is -2.40. The number of halogens is 2. The lowest BCUT2D eigenvalue weighted by Gasteiger charge is -2.27. The molecular formula is C18H23Cl2NO4. The second-order valence-electron chi connectivity index (χ2n) is 7.10. The summed E-state index contributed by atoms with van der Waals surface area (Å²) in [6, 6.07) is 3.20. The van der Waals surface area contributed by atoms with Gasteiger partial charge in [0.2, 0.25) is 0 Å². The number of benzene rings is 1. The number of carbonyl (C=O) groups is 2. The van der Waals surface area contributed by atoms with Crippen LogP contribution in [0.1, 0.15) is 45.1 Å². The normalized spacial score (nSPS) is 20.5. The topological polar surface area (TPSA) is 55.8 Å². The van der Waals surface area contributed by atoms with E-state index in [1.807, 2.05) is 20.8 Å². The number of methoxy groups -OCH3 is 1. The van der Waals surface area contributed by atoms with Gasteiger partial charge in [0.15, 0.2) is 0 Å². The number of likely N-dealkylation sites (tertiary alicyclic amines) is 1. The largest absolute Gasteiger partial charge is 0.496 e. The van der Waals surface area contributed by atoms with Crippen LogP contribution in [0.15, 0.2) is 12.1 Å². The molecule has 1 aromatic rings. The van der Waals surface area contributed by atoms with E-state index < -0.39 is 11.7 Å².